The van der Waals surface area contributed by atoms with Crippen molar-refractivity contribution in [2.24, 2.45) is 0 Å². The van der Waals surface area contributed by atoms with Gasteiger partial charge in [0, 0.05) is 0 Å². The minimum Gasteiger partial charge on any atom is -0.348 e. The first-order valence-electron chi connectivity index (χ1n) is 8.20. The first-order valence-corrected chi connectivity index (χ1v) is 10.0. The lowest BCUT2D eigenvalue weighted by molar-refractivity contribution is -0.120. The van der Waals surface area contributed by atoms with E-state index in [9.17, 15) is 13.2 Å². The molecule has 0 aliphatic carbocycles. The van der Waals surface area contributed by atoms with Gasteiger partial charge in [0.15, 0.2) is 0 Å². The average molecular weight is 360 g/mol. The van der Waals surface area contributed by atoms with Gasteiger partial charge >= 0.3 is 0 Å². The quantitative estimate of drug-likeness (QED) is 0.825. The van der Waals surface area contributed by atoms with Crippen molar-refractivity contribution in [3.8, 4) is 0 Å². The van der Waals surface area contributed by atoms with Gasteiger partial charge in [-0.2, -0.15) is 0 Å². The van der Waals surface area contributed by atoms with Crippen LogP contribution in [0.3, 0.4) is 0 Å². The molecule has 1 atom stereocenters. The zero-order valence-electron chi connectivity index (χ0n) is 14.8. The minimum absolute atomic E-state index is 0.145. The number of nitrogens with zero attached hydrogens (tertiary/aromatic N) is 1. The lowest BCUT2D eigenvalue weighted by Crippen LogP contribution is -2.41. The topological polar surface area (TPSA) is 66.5 Å². The van der Waals surface area contributed by atoms with E-state index in [0.717, 1.165) is 28.1 Å². The van der Waals surface area contributed by atoms with E-state index in [-0.39, 0.29) is 18.5 Å². The Labute approximate surface area is 149 Å². The Hall–Kier alpha value is -2.34. The summed E-state index contributed by atoms with van der Waals surface area (Å²) in [6.45, 7) is 3.66. The van der Waals surface area contributed by atoms with Crippen LogP contribution in [0.1, 0.15) is 30.5 Å². The molecule has 0 saturated heterocycles. The molecule has 6 heteroatoms. The maximum absolute atomic E-state index is 12.5. The number of amides is 1. The smallest absolute Gasteiger partial charge is 0.241 e. The van der Waals surface area contributed by atoms with E-state index in [1.807, 2.05) is 56.3 Å². The lowest BCUT2D eigenvalue weighted by atomic mass is 10.0. The van der Waals surface area contributed by atoms with Gasteiger partial charge in [-0.15, -0.1) is 0 Å². The summed E-state index contributed by atoms with van der Waals surface area (Å²) in [6.07, 6.45) is 1.83. The molecule has 2 aromatic carbocycles. The van der Waals surface area contributed by atoms with E-state index in [1.54, 1.807) is 12.1 Å². The average Bonchev–Trinajstić information content (AvgIpc) is 2.58. The van der Waals surface area contributed by atoms with E-state index in [4.69, 9.17) is 0 Å². The van der Waals surface area contributed by atoms with Crippen molar-refractivity contribution in [3.05, 3.63) is 65.7 Å². The highest BCUT2D eigenvalue weighted by Gasteiger charge is 2.22. The minimum atomic E-state index is -3.56. The van der Waals surface area contributed by atoms with Gasteiger partial charge in [-0.25, -0.2) is 8.42 Å². The third-order valence-corrected chi connectivity index (χ3v) is 5.10. The van der Waals surface area contributed by atoms with Crippen LogP contribution in [-0.4, -0.2) is 27.1 Å². The molecule has 134 valence electrons. The third-order valence-electron chi connectivity index (χ3n) is 3.95. The predicted octanol–water partition coefficient (Wildman–Crippen LogP) is 3.03. The zero-order chi connectivity index (χ0) is 18.4. The number of carbonyl (C=O) groups excluding carboxylic acids is 1. The molecule has 25 heavy (non-hydrogen) atoms. The maximum atomic E-state index is 12.5. The standard InChI is InChI=1S/C19H24N2O3S/c1-4-18(16-8-6-5-7-9-16)20-19(22)14-21(25(3,23)24)17-12-10-15(2)11-13-17/h5-13,18H,4,14H2,1-3H3,(H,20,22)/t18-/m0/s1. The van der Waals surface area contributed by atoms with E-state index in [1.165, 1.54) is 0 Å². The second-order valence-corrected chi connectivity index (χ2v) is 7.95. The highest BCUT2D eigenvalue weighted by atomic mass is 32.2. The molecule has 0 aliphatic heterocycles. The van der Waals surface area contributed by atoms with Crippen LogP contribution in [0, 0.1) is 6.92 Å². The molecular weight excluding hydrogens is 336 g/mol. The molecule has 0 unspecified atom stereocenters. The van der Waals surface area contributed by atoms with Crippen molar-refractivity contribution in [1.29, 1.82) is 0 Å². The monoisotopic (exact) mass is 360 g/mol. The SMILES string of the molecule is CC[C@H](NC(=O)CN(c1ccc(C)cc1)S(C)(=O)=O)c1ccccc1. The number of aryl methyl sites for hydroxylation is 1. The van der Waals surface area contributed by atoms with Crippen molar-refractivity contribution in [2.75, 3.05) is 17.1 Å². The third kappa shape index (κ3) is 5.32. The van der Waals surface area contributed by atoms with Gasteiger partial charge in [-0.05, 0) is 31.0 Å². The Morgan fingerprint density at radius 1 is 1.08 bits per heavy atom. The van der Waals surface area contributed by atoms with Gasteiger partial charge in [-0.1, -0.05) is 55.0 Å². The molecule has 0 aliphatic rings. The Morgan fingerprint density at radius 3 is 2.20 bits per heavy atom. The molecule has 0 fully saturated rings. The molecule has 0 spiro atoms. The van der Waals surface area contributed by atoms with Crippen LogP contribution in [0.5, 0.6) is 0 Å². The molecule has 5 nitrogen and oxygen atoms in total. The molecular formula is C19H24N2O3S. The van der Waals surface area contributed by atoms with E-state index in [2.05, 4.69) is 5.32 Å². The molecule has 0 aromatic heterocycles. The first-order chi connectivity index (χ1) is 11.8. The van der Waals surface area contributed by atoms with E-state index in [0.29, 0.717) is 5.69 Å². The van der Waals surface area contributed by atoms with Gasteiger partial charge in [-0.3, -0.25) is 9.10 Å². The summed E-state index contributed by atoms with van der Waals surface area (Å²) in [7, 11) is -3.56. The zero-order valence-corrected chi connectivity index (χ0v) is 15.6. The number of carbonyl (C=O) groups is 1. The first kappa shape index (κ1) is 19.0. The van der Waals surface area contributed by atoms with Gasteiger partial charge in [0.25, 0.3) is 0 Å². The number of nitrogens with one attached hydrogen (secondary N) is 1. The summed E-state index contributed by atoms with van der Waals surface area (Å²) >= 11 is 0. The van der Waals surface area contributed by atoms with Crippen LogP contribution in [0.4, 0.5) is 5.69 Å². The summed E-state index contributed by atoms with van der Waals surface area (Å²) < 4.78 is 25.4. The van der Waals surface area contributed by atoms with Crippen molar-refractivity contribution in [2.45, 2.75) is 26.3 Å². The molecule has 1 N–H and O–H groups in total. The van der Waals surface area contributed by atoms with Crippen molar-refractivity contribution in [3.63, 3.8) is 0 Å². The van der Waals surface area contributed by atoms with Gasteiger partial charge in [0.2, 0.25) is 15.9 Å². The fourth-order valence-corrected chi connectivity index (χ4v) is 3.44. The number of anilines is 1. The molecule has 0 bridgehead atoms. The maximum Gasteiger partial charge on any atom is 0.241 e. The summed E-state index contributed by atoms with van der Waals surface area (Å²) in [5.41, 5.74) is 2.51. The number of hydrogen-bond acceptors (Lipinski definition) is 3. The fraction of sp³-hybridized carbons (Fsp3) is 0.316. The van der Waals surface area contributed by atoms with Crippen molar-refractivity contribution >= 4 is 21.6 Å². The largest absolute Gasteiger partial charge is 0.348 e. The van der Waals surface area contributed by atoms with Crippen LogP contribution in [0.15, 0.2) is 54.6 Å². The lowest BCUT2D eigenvalue weighted by Gasteiger charge is -2.24. The summed E-state index contributed by atoms with van der Waals surface area (Å²) in [6, 6.07) is 16.6. The summed E-state index contributed by atoms with van der Waals surface area (Å²) in [4.78, 5) is 12.5. The van der Waals surface area contributed by atoms with Crippen LogP contribution in [-0.2, 0) is 14.8 Å². The molecule has 2 rings (SSSR count). The molecule has 0 radical (unpaired) electrons. The Balaban J connectivity index is 2.15. The number of rotatable bonds is 7. The summed E-state index contributed by atoms with van der Waals surface area (Å²) in [5, 5.41) is 2.92. The van der Waals surface area contributed by atoms with Gasteiger partial charge in [0.05, 0.1) is 18.0 Å². The van der Waals surface area contributed by atoms with Crippen molar-refractivity contribution in [1.82, 2.24) is 5.32 Å². The molecule has 1 amide bonds. The fourth-order valence-electron chi connectivity index (χ4n) is 2.59. The van der Waals surface area contributed by atoms with Gasteiger partial charge < -0.3 is 5.32 Å². The normalized spacial score (nSPS) is 12.4. The van der Waals surface area contributed by atoms with E-state index >= 15 is 0 Å². The highest BCUT2D eigenvalue weighted by Crippen LogP contribution is 2.19. The Morgan fingerprint density at radius 2 is 1.68 bits per heavy atom. The van der Waals surface area contributed by atoms with Crippen LogP contribution < -0.4 is 9.62 Å². The highest BCUT2D eigenvalue weighted by molar-refractivity contribution is 7.92. The Kier molecular flexibility index (Phi) is 6.20. The van der Waals surface area contributed by atoms with Crippen LogP contribution >= 0.6 is 0 Å². The summed E-state index contributed by atoms with van der Waals surface area (Å²) in [5.74, 6) is -0.332. The predicted molar refractivity (Wildman–Crippen MR) is 101 cm³/mol. The van der Waals surface area contributed by atoms with Crippen LogP contribution in [0.2, 0.25) is 0 Å². The second kappa shape index (κ2) is 8.16. The second-order valence-electron chi connectivity index (χ2n) is 6.04. The van der Waals surface area contributed by atoms with Crippen LogP contribution in [0.25, 0.3) is 0 Å². The number of benzene rings is 2. The van der Waals surface area contributed by atoms with E-state index < -0.39 is 10.0 Å². The molecule has 0 heterocycles. The van der Waals surface area contributed by atoms with Crippen molar-refractivity contribution < 1.29 is 13.2 Å². The molecule has 2 aromatic rings. The number of sulfonamides is 1. The Bertz CT molecular complexity index is 802. The number of hydrogen-bond donors (Lipinski definition) is 1. The van der Waals surface area contributed by atoms with Gasteiger partial charge in [0.1, 0.15) is 6.54 Å². The molecule has 0 saturated carbocycles.